The van der Waals surface area contributed by atoms with Crippen LogP contribution in [-0.2, 0) is 9.59 Å². The molecular weight excluding hydrogens is 382 g/mol. The number of esters is 1. The Morgan fingerprint density at radius 1 is 0.833 bits per heavy atom. The molecule has 3 aromatic carbocycles. The van der Waals surface area contributed by atoms with Crippen LogP contribution in [0.15, 0.2) is 84.0 Å². The van der Waals surface area contributed by atoms with Gasteiger partial charge in [0.15, 0.2) is 0 Å². The number of hydrogen-bond acceptors (Lipinski definition) is 5. The van der Waals surface area contributed by atoms with Crippen LogP contribution in [0.1, 0.15) is 21.5 Å². The van der Waals surface area contributed by atoms with Crippen LogP contribution in [0.5, 0.6) is 5.75 Å². The second kappa shape index (κ2) is 9.79. The number of nitrogens with zero attached hydrogens (tertiary/aromatic N) is 1. The summed E-state index contributed by atoms with van der Waals surface area (Å²) in [5.74, 6) is -1.78. The molecule has 3 aromatic rings. The van der Waals surface area contributed by atoms with E-state index in [4.69, 9.17) is 4.74 Å². The van der Waals surface area contributed by atoms with Gasteiger partial charge >= 0.3 is 17.8 Å². The number of carbonyl (C=O) groups excluding carboxylic acids is 3. The van der Waals surface area contributed by atoms with E-state index >= 15 is 0 Å². The van der Waals surface area contributed by atoms with Crippen LogP contribution in [0.4, 0.5) is 5.69 Å². The maximum Gasteiger partial charge on any atom is 0.343 e. The van der Waals surface area contributed by atoms with E-state index in [0.29, 0.717) is 22.6 Å². The van der Waals surface area contributed by atoms with Crippen molar-refractivity contribution < 1.29 is 19.1 Å². The van der Waals surface area contributed by atoms with Gasteiger partial charge in [-0.15, -0.1) is 0 Å². The van der Waals surface area contributed by atoms with E-state index in [2.05, 4.69) is 15.8 Å². The first kappa shape index (κ1) is 20.5. The first-order chi connectivity index (χ1) is 14.5. The minimum Gasteiger partial charge on any atom is -0.423 e. The van der Waals surface area contributed by atoms with Crippen molar-refractivity contribution in [2.75, 3.05) is 5.32 Å². The Morgan fingerprint density at radius 2 is 1.50 bits per heavy atom. The highest BCUT2D eigenvalue weighted by atomic mass is 16.5. The maximum atomic E-state index is 12.0. The standard InChI is InChI=1S/C23H19N3O4/c1-16-7-5-6-10-20(16)25-21(27)22(28)26-24-15-17-11-13-19(14-12-17)30-23(29)18-8-3-2-4-9-18/h2-15H,1H3,(H,25,27)(H,26,28)/b24-15+. The molecule has 0 aliphatic heterocycles. The average molecular weight is 401 g/mol. The summed E-state index contributed by atoms with van der Waals surface area (Å²) < 4.78 is 5.29. The lowest BCUT2D eigenvalue weighted by Crippen LogP contribution is -2.32. The molecule has 150 valence electrons. The van der Waals surface area contributed by atoms with Crippen LogP contribution < -0.4 is 15.5 Å². The van der Waals surface area contributed by atoms with Crippen LogP contribution in [0.2, 0.25) is 0 Å². The molecule has 0 saturated carbocycles. The Kier molecular flexibility index (Phi) is 6.68. The highest BCUT2D eigenvalue weighted by molar-refractivity contribution is 6.39. The number of amides is 2. The van der Waals surface area contributed by atoms with Crippen LogP contribution in [0.3, 0.4) is 0 Å². The first-order valence-corrected chi connectivity index (χ1v) is 9.10. The van der Waals surface area contributed by atoms with Crippen molar-refractivity contribution in [1.29, 1.82) is 0 Å². The fraction of sp³-hybridized carbons (Fsp3) is 0.0435. The second-order valence-electron chi connectivity index (χ2n) is 6.29. The number of para-hydroxylation sites is 1. The first-order valence-electron chi connectivity index (χ1n) is 9.10. The van der Waals surface area contributed by atoms with Gasteiger partial charge in [-0.2, -0.15) is 5.10 Å². The summed E-state index contributed by atoms with van der Waals surface area (Å²) >= 11 is 0. The van der Waals surface area contributed by atoms with Gasteiger partial charge in [0.05, 0.1) is 11.8 Å². The molecule has 2 N–H and O–H groups in total. The zero-order valence-electron chi connectivity index (χ0n) is 16.2. The molecule has 3 rings (SSSR count). The molecule has 0 aliphatic carbocycles. The van der Waals surface area contributed by atoms with E-state index in [1.807, 2.05) is 25.1 Å². The van der Waals surface area contributed by atoms with Crippen LogP contribution in [0, 0.1) is 6.92 Å². The monoisotopic (exact) mass is 401 g/mol. The lowest BCUT2D eigenvalue weighted by molar-refractivity contribution is -0.136. The van der Waals surface area contributed by atoms with Crippen molar-refractivity contribution in [1.82, 2.24) is 5.43 Å². The molecule has 7 nitrogen and oxygen atoms in total. The Bertz CT molecular complexity index is 1080. The Balaban J connectivity index is 1.51. The molecule has 0 bridgehead atoms. The zero-order chi connectivity index (χ0) is 21.3. The molecule has 30 heavy (non-hydrogen) atoms. The van der Waals surface area contributed by atoms with Crippen molar-refractivity contribution in [3.8, 4) is 5.75 Å². The normalized spacial score (nSPS) is 10.4. The zero-order valence-corrected chi connectivity index (χ0v) is 16.2. The SMILES string of the molecule is Cc1ccccc1NC(=O)C(=O)N/N=C/c1ccc(OC(=O)c2ccccc2)cc1. The van der Waals surface area contributed by atoms with Gasteiger partial charge in [-0.05, 0) is 60.5 Å². The minimum atomic E-state index is -0.886. The molecule has 0 spiro atoms. The lowest BCUT2D eigenvalue weighted by atomic mass is 10.2. The third-order valence-electron chi connectivity index (χ3n) is 4.08. The third kappa shape index (κ3) is 5.62. The highest BCUT2D eigenvalue weighted by Crippen LogP contribution is 2.14. The predicted octanol–water partition coefficient (Wildman–Crippen LogP) is 3.30. The summed E-state index contributed by atoms with van der Waals surface area (Å²) in [5, 5.41) is 6.30. The Morgan fingerprint density at radius 3 is 2.20 bits per heavy atom. The minimum absolute atomic E-state index is 0.377. The summed E-state index contributed by atoms with van der Waals surface area (Å²) in [7, 11) is 0. The lowest BCUT2D eigenvalue weighted by Gasteiger charge is -2.06. The van der Waals surface area contributed by atoms with Crippen molar-refractivity contribution in [3.05, 3.63) is 95.6 Å². The molecule has 0 aliphatic rings. The summed E-state index contributed by atoms with van der Waals surface area (Å²) in [6.07, 6.45) is 1.38. The molecule has 0 aromatic heterocycles. The molecule has 0 fully saturated rings. The molecule has 0 saturated heterocycles. The molecule has 0 atom stereocenters. The summed E-state index contributed by atoms with van der Waals surface area (Å²) in [5.41, 5.74) is 4.67. The quantitative estimate of drug-likeness (QED) is 0.225. The molecule has 7 heteroatoms. The van der Waals surface area contributed by atoms with Gasteiger partial charge in [-0.3, -0.25) is 9.59 Å². The highest BCUT2D eigenvalue weighted by Gasteiger charge is 2.13. The van der Waals surface area contributed by atoms with Crippen molar-refractivity contribution in [2.24, 2.45) is 5.10 Å². The summed E-state index contributed by atoms with van der Waals surface area (Å²) in [6, 6.07) is 22.3. The van der Waals surface area contributed by atoms with E-state index in [0.717, 1.165) is 5.56 Å². The van der Waals surface area contributed by atoms with Gasteiger partial charge in [0.2, 0.25) is 0 Å². The van der Waals surface area contributed by atoms with Crippen LogP contribution >= 0.6 is 0 Å². The van der Waals surface area contributed by atoms with Gasteiger partial charge in [0, 0.05) is 5.69 Å². The van der Waals surface area contributed by atoms with E-state index in [-0.39, 0.29) is 0 Å². The Hall–Kier alpha value is -4.26. The number of carbonyl (C=O) groups is 3. The fourth-order valence-electron chi connectivity index (χ4n) is 2.47. The third-order valence-corrected chi connectivity index (χ3v) is 4.08. The second-order valence-corrected chi connectivity index (χ2v) is 6.29. The maximum absolute atomic E-state index is 12.0. The number of rotatable bonds is 5. The predicted molar refractivity (Wildman–Crippen MR) is 113 cm³/mol. The van der Waals surface area contributed by atoms with Gasteiger partial charge in [-0.1, -0.05) is 36.4 Å². The number of ether oxygens (including phenoxy) is 1. The number of benzene rings is 3. The van der Waals surface area contributed by atoms with E-state index in [1.54, 1.807) is 60.7 Å². The summed E-state index contributed by atoms with van der Waals surface area (Å²) in [4.78, 5) is 35.8. The van der Waals surface area contributed by atoms with Crippen LogP contribution in [-0.4, -0.2) is 24.0 Å². The molecule has 0 unspecified atom stereocenters. The number of nitrogens with one attached hydrogen (secondary N) is 2. The summed E-state index contributed by atoms with van der Waals surface area (Å²) in [6.45, 7) is 1.83. The number of aryl methyl sites for hydroxylation is 1. The van der Waals surface area contributed by atoms with Gasteiger partial charge in [0.25, 0.3) is 0 Å². The van der Waals surface area contributed by atoms with Gasteiger partial charge in [-0.25, -0.2) is 10.2 Å². The van der Waals surface area contributed by atoms with E-state index in [1.165, 1.54) is 6.21 Å². The molecule has 0 radical (unpaired) electrons. The van der Waals surface area contributed by atoms with Crippen molar-refractivity contribution in [2.45, 2.75) is 6.92 Å². The fourth-order valence-corrected chi connectivity index (χ4v) is 2.47. The number of hydrogen-bond donors (Lipinski definition) is 2. The van der Waals surface area contributed by atoms with E-state index < -0.39 is 17.8 Å². The smallest absolute Gasteiger partial charge is 0.343 e. The Labute approximate surface area is 173 Å². The molecular formula is C23H19N3O4. The van der Waals surface area contributed by atoms with Crippen molar-refractivity contribution >= 4 is 29.7 Å². The van der Waals surface area contributed by atoms with Gasteiger partial charge in [0.1, 0.15) is 5.75 Å². The molecule has 0 heterocycles. The topological polar surface area (TPSA) is 96.9 Å². The van der Waals surface area contributed by atoms with E-state index in [9.17, 15) is 14.4 Å². The largest absolute Gasteiger partial charge is 0.423 e. The van der Waals surface area contributed by atoms with Crippen molar-refractivity contribution in [3.63, 3.8) is 0 Å². The number of hydrazone groups is 1. The number of anilines is 1. The van der Waals surface area contributed by atoms with Gasteiger partial charge < -0.3 is 10.1 Å². The average Bonchev–Trinajstić information content (AvgIpc) is 2.77. The molecule has 2 amide bonds. The van der Waals surface area contributed by atoms with Crippen LogP contribution in [0.25, 0.3) is 0 Å².